The fourth-order valence-electron chi connectivity index (χ4n) is 5.15. The molecule has 1 heterocycles. The summed E-state index contributed by atoms with van der Waals surface area (Å²) in [7, 11) is 3.61. The Balaban J connectivity index is 2.00. The molecule has 1 unspecified atom stereocenters. The van der Waals surface area contributed by atoms with Gasteiger partial charge in [0.05, 0.1) is 18.1 Å². The summed E-state index contributed by atoms with van der Waals surface area (Å²) in [6.45, 7) is 0.738. The van der Waals surface area contributed by atoms with Crippen LogP contribution in [-0.2, 0) is 16.6 Å². The monoisotopic (exact) mass is 317 g/mol. The number of ketones is 1. The molecular weight excluding hydrogens is 294 g/mol. The van der Waals surface area contributed by atoms with E-state index in [1.54, 1.807) is 7.11 Å². The number of hydrogen-bond acceptors (Lipinski definition) is 5. The van der Waals surface area contributed by atoms with Crippen molar-refractivity contribution in [1.29, 1.82) is 0 Å². The minimum Gasteiger partial charge on any atom is -0.497 e. The summed E-state index contributed by atoms with van der Waals surface area (Å²) < 4.78 is 5.34. The van der Waals surface area contributed by atoms with E-state index in [-0.39, 0.29) is 11.8 Å². The van der Waals surface area contributed by atoms with Crippen LogP contribution in [0.25, 0.3) is 0 Å². The molecule has 1 aromatic carbocycles. The van der Waals surface area contributed by atoms with Crippen molar-refractivity contribution in [2.45, 2.75) is 48.8 Å². The van der Waals surface area contributed by atoms with E-state index in [4.69, 9.17) is 4.74 Å². The molecular formula is C18H23NO4. The van der Waals surface area contributed by atoms with Crippen molar-refractivity contribution < 1.29 is 19.7 Å². The average Bonchev–Trinajstić information content (AvgIpc) is 2.55. The van der Waals surface area contributed by atoms with Gasteiger partial charge >= 0.3 is 0 Å². The smallest absolute Gasteiger partial charge is 0.174 e. The fourth-order valence-corrected chi connectivity index (χ4v) is 5.15. The van der Waals surface area contributed by atoms with Crippen LogP contribution >= 0.6 is 0 Å². The zero-order valence-electron chi connectivity index (χ0n) is 13.6. The Labute approximate surface area is 135 Å². The molecule has 1 aliphatic heterocycles. The van der Waals surface area contributed by atoms with Gasteiger partial charge in [-0.05, 0) is 62.5 Å². The third-order valence-electron chi connectivity index (χ3n) is 6.37. The molecule has 3 aliphatic rings. The number of fused-ring (bicyclic) bond motifs is 1. The fraction of sp³-hybridized carbons (Fsp3) is 0.611. The van der Waals surface area contributed by atoms with Crippen molar-refractivity contribution in [3.05, 3.63) is 29.3 Å². The summed E-state index contributed by atoms with van der Waals surface area (Å²) in [4.78, 5) is 15.3. The molecule has 23 heavy (non-hydrogen) atoms. The summed E-state index contributed by atoms with van der Waals surface area (Å²) in [5.74, 6) is 0.462. The maximum absolute atomic E-state index is 13.1. The molecule has 5 heteroatoms. The zero-order valence-corrected chi connectivity index (χ0v) is 13.6. The first-order chi connectivity index (χ1) is 10.9. The summed E-state index contributed by atoms with van der Waals surface area (Å²) >= 11 is 0. The predicted molar refractivity (Wildman–Crippen MR) is 84.6 cm³/mol. The highest BCUT2D eigenvalue weighted by atomic mass is 16.5. The molecule has 4 atom stereocenters. The summed E-state index contributed by atoms with van der Waals surface area (Å²) in [5, 5.41) is 21.9. The normalized spacial score (nSPS) is 39.6. The van der Waals surface area contributed by atoms with Crippen LogP contribution in [0.3, 0.4) is 0 Å². The Morgan fingerprint density at radius 1 is 1.35 bits per heavy atom. The van der Waals surface area contributed by atoms with E-state index < -0.39 is 17.1 Å². The number of benzene rings is 1. The number of hydrogen-bond donors (Lipinski definition) is 2. The van der Waals surface area contributed by atoms with Gasteiger partial charge in [0.2, 0.25) is 0 Å². The number of methoxy groups -OCH3 is 1. The third kappa shape index (κ3) is 1.70. The van der Waals surface area contributed by atoms with Crippen molar-refractivity contribution in [2.75, 3.05) is 20.7 Å². The maximum Gasteiger partial charge on any atom is 0.174 e. The van der Waals surface area contributed by atoms with Gasteiger partial charge in [0.25, 0.3) is 0 Å². The Hall–Kier alpha value is -1.43. The highest BCUT2D eigenvalue weighted by Gasteiger charge is 2.68. The molecule has 2 fully saturated rings. The number of nitrogens with zero attached hydrogens (tertiary/aromatic N) is 1. The molecule has 1 saturated heterocycles. The molecule has 0 aromatic heterocycles. The molecule has 5 nitrogen and oxygen atoms in total. The maximum atomic E-state index is 13.1. The first kappa shape index (κ1) is 15.1. The van der Waals surface area contributed by atoms with Crippen LogP contribution in [0.2, 0.25) is 0 Å². The number of aliphatic hydroxyl groups is 2. The van der Waals surface area contributed by atoms with Gasteiger partial charge in [-0.3, -0.25) is 4.79 Å². The first-order valence-electron chi connectivity index (χ1n) is 8.26. The molecule has 0 radical (unpaired) electrons. The van der Waals surface area contributed by atoms with Gasteiger partial charge in [-0.15, -0.1) is 0 Å². The van der Waals surface area contributed by atoms with E-state index in [0.29, 0.717) is 25.0 Å². The van der Waals surface area contributed by atoms with E-state index in [2.05, 4.69) is 4.90 Å². The predicted octanol–water partition coefficient (Wildman–Crippen LogP) is 0.648. The van der Waals surface area contributed by atoms with E-state index in [1.807, 2.05) is 25.2 Å². The third-order valence-corrected chi connectivity index (χ3v) is 6.37. The quantitative estimate of drug-likeness (QED) is 0.796. The SMILES string of the molecule is COc1ccc2c(c1)[C@]13CCN(C)[C@H](C2)[C@]1(O)CCC(O)C3=O. The molecule has 0 amide bonds. The lowest BCUT2D eigenvalue weighted by molar-refractivity contribution is -0.185. The van der Waals surface area contributed by atoms with Crippen molar-refractivity contribution in [1.82, 2.24) is 4.90 Å². The van der Waals surface area contributed by atoms with Crippen molar-refractivity contribution in [2.24, 2.45) is 0 Å². The minimum absolute atomic E-state index is 0.0893. The molecule has 0 spiro atoms. The highest BCUT2D eigenvalue weighted by molar-refractivity contribution is 5.97. The van der Waals surface area contributed by atoms with Crippen LogP contribution in [0.5, 0.6) is 5.75 Å². The second-order valence-electron chi connectivity index (χ2n) is 7.22. The van der Waals surface area contributed by atoms with E-state index >= 15 is 0 Å². The molecule has 1 saturated carbocycles. The van der Waals surface area contributed by atoms with Crippen LogP contribution in [0.1, 0.15) is 30.4 Å². The molecule has 4 rings (SSSR count). The van der Waals surface area contributed by atoms with Gasteiger partial charge in [-0.2, -0.15) is 0 Å². The molecule has 2 bridgehead atoms. The van der Waals surface area contributed by atoms with Crippen LogP contribution in [0, 0.1) is 0 Å². The van der Waals surface area contributed by atoms with Crippen molar-refractivity contribution >= 4 is 5.78 Å². The Kier molecular flexibility index (Phi) is 3.15. The van der Waals surface area contributed by atoms with Crippen LogP contribution < -0.4 is 4.74 Å². The number of rotatable bonds is 1. The molecule has 124 valence electrons. The minimum atomic E-state index is -1.12. The van der Waals surface area contributed by atoms with Crippen molar-refractivity contribution in [3.8, 4) is 5.75 Å². The second-order valence-corrected chi connectivity index (χ2v) is 7.22. The van der Waals surface area contributed by atoms with Crippen LogP contribution in [0.4, 0.5) is 0 Å². The number of carbonyl (C=O) groups excluding carboxylic acids is 1. The number of Topliss-reactive ketones (excluding diaryl/α,β-unsaturated/α-hetero) is 1. The van der Waals surface area contributed by atoms with Gasteiger partial charge in [0.15, 0.2) is 5.78 Å². The van der Waals surface area contributed by atoms with E-state index in [9.17, 15) is 15.0 Å². The number of carbonyl (C=O) groups is 1. The number of aliphatic hydroxyl groups excluding tert-OH is 1. The first-order valence-corrected chi connectivity index (χ1v) is 8.26. The number of ether oxygens (including phenoxy) is 1. The van der Waals surface area contributed by atoms with Gasteiger partial charge in [0.1, 0.15) is 11.9 Å². The van der Waals surface area contributed by atoms with Gasteiger partial charge in [-0.1, -0.05) is 6.07 Å². The van der Waals surface area contributed by atoms with E-state index in [1.165, 1.54) is 0 Å². The van der Waals surface area contributed by atoms with Crippen molar-refractivity contribution in [3.63, 3.8) is 0 Å². The van der Waals surface area contributed by atoms with Gasteiger partial charge in [-0.25, -0.2) is 0 Å². The molecule has 2 N–H and O–H groups in total. The second kappa shape index (κ2) is 4.79. The largest absolute Gasteiger partial charge is 0.497 e. The Bertz CT molecular complexity index is 675. The zero-order chi connectivity index (χ0) is 16.4. The lowest BCUT2D eigenvalue weighted by Crippen LogP contribution is -2.76. The standard InChI is InChI=1S/C18H23NO4/c1-19-8-7-17-13-10-12(23-2)4-3-11(13)9-15(19)18(17,22)6-5-14(20)16(17)21/h3-4,10,14-15,20,22H,5-9H2,1-2H3/t14?,15-,17+,18-/m1/s1. The molecule has 2 aliphatic carbocycles. The summed E-state index contributed by atoms with van der Waals surface area (Å²) in [6.07, 6.45) is 1.05. The number of likely N-dealkylation sites (N-methyl/N-ethyl adjacent to an activating group) is 1. The Morgan fingerprint density at radius 3 is 2.87 bits per heavy atom. The summed E-state index contributed by atoms with van der Waals surface area (Å²) in [5.41, 5.74) is -0.193. The topological polar surface area (TPSA) is 70.0 Å². The number of likely N-dealkylation sites (tertiary alicyclic amines) is 1. The molecule has 1 aromatic rings. The summed E-state index contributed by atoms with van der Waals surface area (Å²) in [6, 6.07) is 5.70. The lowest BCUT2D eigenvalue weighted by Gasteiger charge is -2.62. The van der Waals surface area contributed by atoms with Crippen LogP contribution in [-0.4, -0.2) is 59.3 Å². The van der Waals surface area contributed by atoms with E-state index in [0.717, 1.165) is 24.1 Å². The van der Waals surface area contributed by atoms with Gasteiger partial charge < -0.3 is 19.8 Å². The van der Waals surface area contributed by atoms with Gasteiger partial charge in [0, 0.05) is 6.04 Å². The lowest BCUT2D eigenvalue weighted by atomic mass is 9.48. The van der Waals surface area contributed by atoms with Crippen LogP contribution in [0.15, 0.2) is 18.2 Å². The Morgan fingerprint density at radius 2 is 2.13 bits per heavy atom. The highest BCUT2D eigenvalue weighted by Crippen LogP contribution is 2.56. The average molecular weight is 317 g/mol. The number of piperidine rings is 1.